The van der Waals surface area contributed by atoms with Gasteiger partial charge in [-0.2, -0.15) is 5.26 Å². The highest BCUT2D eigenvalue weighted by Gasteiger charge is 1.94. The first-order valence-electron chi connectivity index (χ1n) is 4.96. The first-order chi connectivity index (χ1) is 7.13. The Morgan fingerprint density at radius 1 is 1.07 bits per heavy atom. The van der Waals surface area contributed by atoms with Gasteiger partial charge in [0.25, 0.3) is 0 Å². The Morgan fingerprint density at radius 2 is 1.67 bits per heavy atom. The lowest BCUT2D eigenvalue weighted by molar-refractivity contribution is 1.39. The molecule has 0 fully saturated rings. The maximum Gasteiger partial charge on any atom is 0.0991 e. The summed E-state index contributed by atoms with van der Waals surface area (Å²) in [6.45, 7) is 6.21. The lowest BCUT2D eigenvalue weighted by atomic mass is 10.1. The fraction of sp³-hybridized carbons (Fsp3) is 0.214. The van der Waals surface area contributed by atoms with Crippen LogP contribution in [0, 0.1) is 11.3 Å². The van der Waals surface area contributed by atoms with Crippen molar-refractivity contribution in [1.82, 2.24) is 0 Å². The molecular weight excluding hydrogens is 182 g/mol. The largest absolute Gasteiger partial charge is 0.192 e. The van der Waals surface area contributed by atoms with E-state index in [9.17, 15) is 0 Å². The van der Waals surface area contributed by atoms with Crippen LogP contribution in [-0.4, -0.2) is 0 Å². The summed E-state index contributed by atoms with van der Waals surface area (Å²) in [5.74, 6) is 0. The van der Waals surface area contributed by atoms with Gasteiger partial charge in [-0.3, -0.25) is 0 Å². The van der Waals surface area contributed by atoms with E-state index in [1.165, 1.54) is 11.1 Å². The Hall–Kier alpha value is -1.81. The van der Waals surface area contributed by atoms with Gasteiger partial charge >= 0.3 is 0 Å². The topological polar surface area (TPSA) is 23.8 Å². The van der Waals surface area contributed by atoms with Crippen LogP contribution in [0.5, 0.6) is 0 Å². The molecule has 76 valence electrons. The molecule has 0 aromatic heterocycles. The van der Waals surface area contributed by atoms with Crippen LogP contribution < -0.4 is 0 Å². The molecule has 0 amide bonds. The number of nitriles is 1. The van der Waals surface area contributed by atoms with Crippen LogP contribution in [0.2, 0.25) is 0 Å². The second-order valence-electron chi connectivity index (χ2n) is 3.78. The lowest BCUT2D eigenvalue weighted by Gasteiger charge is -2.00. The van der Waals surface area contributed by atoms with Gasteiger partial charge in [0.1, 0.15) is 0 Å². The van der Waals surface area contributed by atoms with Crippen LogP contribution >= 0.6 is 0 Å². The minimum absolute atomic E-state index is 0.703. The van der Waals surface area contributed by atoms with Gasteiger partial charge in [-0.1, -0.05) is 29.9 Å². The highest BCUT2D eigenvalue weighted by molar-refractivity contribution is 5.65. The number of hydrogen-bond donors (Lipinski definition) is 0. The van der Waals surface area contributed by atoms with Gasteiger partial charge in [-0.15, -0.1) is 0 Å². The Morgan fingerprint density at radius 3 is 2.13 bits per heavy atom. The number of rotatable bonds is 2. The smallest absolute Gasteiger partial charge is 0.0991 e. The fourth-order valence-corrected chi connectivity index (χ4v) is 1.20. The van der Waals surface area contributed by atoms with Crippen molar-refractivity contribution < 1.29 is 0 Å². The molecule has 0 N–H and O–H groups in total. The van der Waals surface area contributed by atoms with Crippen molar-refractivity contribution in [3.05, 3.63) is 53.1 Å². The summed E-state index contributed by atoms with van der Waals surface area (Å²) in [7, 11) is 0. The molecule has 0 radical (unpaired) electrons. The first-order valence-corrected chi connectivity index (χ1v) is 4.96. The van der Waals surface area contributed by atoms with Crippen LogP contribution in [0.3, 0.4) is 0 Å². The molecule has 0 aliphatic heterocycles. The van der Waals surface area contributed by atoms with Gasteiger partial charge in [-0.05, 0) is 44.0 Å². The molecule has 1 aromatic carbocycles. The van der Waals surface area contributed by atoms with Gasteiger partial charge in [0.05, 0.1) is 11.6 Å². The Kier molecular flexibility index (Phi) is 3.88. The Labute approximate surface area is 91.4 Å². The summed E-state index contributed by atoms with van der Waals surface area (Å²) in [4.78, 5) is 0. The van der Waals surface area contributed by atoms with E-state index in [4.69, 9.17) is 5.26 Å². The zero-order valence-corrected chi connectivity index (χ0v) is 9.41. The van der Waals surface area contributed by atoms with E-state index < -0.39 is 0 Å². The van der Waals surface area contributed by atoms with Crippen molar-refractivity contribution >= 4 is 5.57 Å². The molecule has 0 bridgehead atoms. The van der Waals surface area contributed by atoms with Crippen LogP contribution in [0.15, 0.2) is 42.0 Å². The molecule has 0 spiro atoms. The normalized spacial score (nSPS) is 10.7. The van der Waals surface area contributed by atoms with Crippen molar-refractivity contribution in [2.75, 3.05) is 0 Å². The molecule has 1 nitrogen and oxygen atoms in total. The van der Waals surface area contributed by atoms with Crippen LogP contribution in [0.1, 0.15) is 31.9 Å². The number of nitrogens with zero attached hydrogens (tertiary/aromatic N) is 1. The summed E-state index contributed by atoms with van der Waals surface area (Å²) in [6, 6.07) is 9.75. The van der Waals surface area contributed by atoms with Crippen molar-refractivity contribution in [3.63, 3.8) is 0 Å². The molecule has 0 atom stereocenters. The van der Waals surface area contributed by atoms with Gasteiger partial charge in [-0.25, -0.2) is 0 Å². The zero-order valence-electron chi connectivity index (χ0n) is 9.41. The number of hydrogen-bond acceptors (Lipinski definition) is 1. The Bertz CT molecular complexity index is 423. The van der Waals surface area contributed by atoms with E-state index in [1.54, 1.807) is 0 Å². The summed E-state index contributed by atoms with van der Waals surface area (Å²) in [5, 5.41) is 8.67. The molecule has 0 saturated heterocycles. The molecule has 0 heterocycles. The quantitative estimate of drug-likeness (QED) is 0.659. The third-order valence-corrected chi connectivity index (χ3v) is 2.14. The van der Waals surface area contributed by atoms with Crippen molar-refractivity contribution in [2.45, 2.75) is 20.8 Å². The SMILES string of the molecule is CC(C)=CC=C(C)c1ccc(C#N)cc1. The average molecular weight is 197 g/mol. The first kappa shape index (κ1) is 11.3. The maximum absolute atomic E-state index is 8.67. The summed E-state index contributed by atoms with van der Waals surface area (Å²) < 4.78 is 0. The van der Waals surface area contributed by atoms with Crippen LogP contribution in [0.4, 0.5) is 0 Å². The van der Waals surface area contributed by atoms with Crippen molar-refractivity contribution in [3.8, 4) is 6.07 Å². The number of benzene rings is 1. The minimum atomic E-state index is 0.703. The predicted octanol–water partition coefficient (Wildman–Crippen LogP) is 3.93. The van der Waals surface area contributed by atoms with Gasteiger partial charge in [0, 0.05) is 0 Å². The summed E-state index contributed by atoms with van der Waals surface area (Å²) in [5.41, 5.74) is 4.35. The molecule has 0 aliphatic rings. The van der Waals surface area contributed by atoms with Crippen LogP contribution in [0.25, 0.3) is 5.57 Å². The third kappa shape index (κ3) is 3.44. The predicted molar refractivity (Wildman–Crippen MR) is 64.2 cm³/mol. The molecule has 0 saturated carbocycles. The average Bonchev–Trinajstić information content (AvgIpc) is 2.26. The number of allylic oxidation sites excluding steroid dienone is 4. The van der Waals surface area contributed by atoms with Crippen molar-refractivity contribution in [1.29, 1.82) is 5.26 Å². The zero-order chi connectivity index (χ0) is 11.3. The molecule has 15 heavy (non-hydrogen) atoms. The monoisotopic (exact) mass is 197 g/mol. The molecule has 1 heteroatoms. The summed E-state index contributed by atoms with van der Waals surface area (Å²) >= 11 is 0. The van der Waals surface area contributed by atoms with E-state index in [1.807, 2.05) is 24.3 Å². The highest BCUT2D eigenvalue weighted by atomic mass is 14.2. The van der Waals surface area contributed by atoms with E-state index in [-0.39, 0.29) is 0 Å². The summed E-state index contributed by atoms with van der Waals surface area (Å²) in [6.07, 6.45) is 4.18. The highest BCUT2D eigenvalue weighted by Crippen LogP contribution is 2.14. The minimum Gasteiger partial charge on any atom is -0.192 e. The van der Waals surface area contributed by atoms with Crippen molar-refractivity contribution in [2.24, 2.45) is 0 Å². The van der Waals surface area contributed by atoms with E-state index in [2.05, 4.69) is 39.0 Å². The van der Waals surface area contributed by atoms with E-state index in [0.29, 0.717) is 5.56 Å². The third-order valence-electron chi connectivity index (χ3n) is 2.14. The Balaban J connectivity index is 2.93. The van der Waals surface area contributed by atoms with E-state index in [0.717, 1.165) is 5.56 Å². The van der Waals surface area contributed by atoms with E-state index >= 15 is 0 Å². The maximum atomic E-state index is 8.67. The standard InChI is InChI=1S/C14H15N/c1-11(2)4-5-12(3)14-8-6-13(10-15)7-9-14/h4-9H,1-3H3. The molecule has 1 rings (SSSR count). The lowest BCUT2D eigenvalue weighted by Crippen LogP contribution is -1.80. The van der Waals surface area contributed by atoms with Gasteiger partial charge in [0.2, 0.25) is 0 Å². The molecule has 0 aliphatic carbocycles. The molecule has 0 unspecified atom stereocenters. The fourth-order valence-electron chi connectivity index (χ4n) is 1.20. The van der Waals surface area contributed by atoms with Crippen LogP contribution in [-0.2, 0) is 0 Å². The second-order valence-corrected chi connectivity index (χ2v) is 3.78. The van der Waals surface area contributed by atoms with Gasteiger partial charge < -0.3 is 0 Å². The molecular formula is C14H15N. The molecule has 1 aromatic rings. The second kappa shape index (κ2) is 5.17. The van der Waals surface area contributed by atoms with Gasteiger partial charge in [0.15, 0.2) is 0 Å².